The highest BCUT2D eigenvalue weighted by Gasteiger charge is 2.34. The Morgan fingerprint density at radius 3 is 2.45 bits per heavy atom. The molecular weight excluding hydrogens is 254 g/mol. The van der Waals surface area contributed by atoms with E-state index in [0.29, 0.717) is 12.1 Å². The maximum absolute atomic E-state index is 12.5. The molecule has 2 atom stereocenters. The van der Waals surface area contributed by atoms with Crippen molar-refractivity contribution in [2.45, 2.75) is 51.6 Å². The zero-order valence-electron chi connectivity index (χ0n) is 12.9. The number of carbonyl (C=O) groups is 1. The Balaban J connectivity index is 1.95. The van der Waals surface area contributed by atoms with E-state index in [1.54, 1.807) is 0 Å². The molecule has 2 aliphatic rings. The molecule has 5 nitrogen and oxygen atoms in total. The Hall–Kier alpha value is -0.810. The van der Waals surface area contributed by atoms with Crippen LogP contribution in [0, 0.1) is 0 Å². The summed E-state index contributed by atoms with van der Waals surface area (Å²) in [6, 6.07) is 0.827. The van der Waals surface area contributed by atoms with E-state index in [1.165, 1.54) is 6.42 Å². The van der Waals surface area contributed by atoms with Gasteiger partial charge in [-0.25, -0.2) is 4.79 Å². The summed E-state index contributed by atoms with van der Waals surface area (Å²) in [5, 5.41) is 9.42. The number of carbonyl (C=O) groups excluding carboxylic acids is 1. The van der Waals surface area contributed by atoms with E-state index >= 15 is 0 Å². The Bertz CT molecular complexity index is 320. The number of aliphatic hydroxyl groups excluding tert-OH is 1. The lowest BCUT2D eigenvalue weighted by Gasteiger charge is -2.34. The molecule has 20 heavy (non-hydrogen) atoms. The summed E-state index contributed by atoms with van der Waals surface area (Å²) in [5.74, 6) is 0. The fourth-order valence-electron chi connectivity index (χ4n) is 3.57. The van der Waals surface area contributed by atoms with Gasteiger partial charge < -0.3 is 14.9 Å². The van der Waals surface area contributed by atoms with Crippen LogP contribution in [0.2, 0.25) is 0 Å². The van der Waals surface area contributed by atoms with Crippen LogP contribution in [0.4, 0.5) is 4.79 Å². The molecule has 2 aliphatic heterocycles. The molecular formula is C15H29N3O2. The molecule has 0 aromatic carbocycles. The molecule has 2 rings (SSSR count). The Kier molecular flexibility index (Phi) is 5.66. The molecule has 2 heterocycles. The van der Waals surface area contributed by atoms with E-state index in [4.69, 9.17) is 0 Å². The fourth-order valence-corrected chi connectivity index (χ4v) is 3.57. The highest BCUT2D eigenvalue weighted by Crippen LogP contribution is 2.24. The van der Waals surface area contributed by atoms with Crippen molar-refractivity contribution in [1.82, 2.24) is 14.7 Å². The van der Waals surface area contributed by atoms with Gasteiger partial charge in [0.05, 0.1) is 6.61 Å². The number of nitrogens with zero attached hydrogens (tertiary/aromatic N) is 3. The Morgan fingerprint density at radius 1 is 1.15 bits per heavy atom. The van der Waals surface area contributed by atoms with E-state index in [0.717, 1.165) is 52.0 Å². The second-order valence-electron chi connectivity index (χ2n) is 5.92. The van der Waals surface area contributed by atoms with Crippen LogP contribution in [-0.2, 0) is 0 Å². The quantitative estimate of drug-likeness (QED) is 0.829. The van der Waals surface area contributed by atoms with Crippen LogP contribution in [0.1, 0.15) is 39.5 Å². The highest BCUT2D eigenvalue weighted by atomic mass is 16.3. The average molecular weight is 283 g/mol. The molecule has 2 saturated heterocycles. The summed E-state index contributed by atoms with van der Waals surface area (Å²) in [5.41, 5.74) is 0. The SMILES string of the molecule is CCN(CC)C(=O)N1CCCC1CN1CCCC1CO. The first-order valence-corrected chi connectivity index (χ1v) is 8.11. The fraction of sp³-hybridized carbons (Fsp3) is 0.933. The van der Waals surface area contributed by atoms with E-state index in [1.807, 2.05) is 18.7 Å². The van der Waals surface area contributed by atoms with Gasteiger partial charge in [0, 0.05) is 38.3 Å². The van der Waals surface area contributed by atoms with E-state index in [2.05, 4.69) is 9.80 Å². The third-order valence-corrected chi connectivity index (χ3v) is 4.81. The van der Waals surface area contributed by atoms with Gasteiger partial charge in [0.25, 0.3) is 0 Å². The van der Waals surface area contributed by atoms with Crippen LogP contribution in [0.15, 0.2) is 0 Å². The zero-order chi connectivity index (χ0) is 14.5. The maximum Gasteiger partial charge on any atom is 0.320 e. The molecule has 0 aromatic rings. The Morgan fingerprint density at radius 2 is 1.80 bits per heavy atom. The van der Waals surface area contributed by atoms with Crippen LogP contribution < -0.4 is 0 Å². The second-order valence-corrected chi connectivity index (χ2v) is 5.92. The van der Waals surface area contributed by atoms with Crippen LogP contribution in [-0.4, -0.2) is 77.3 Å². The highest BCUT2D eigenvalue weighted by molar-refractivity contribution is 5.75. The van der Waals surface area contributed by atoms with Gasteiger partial charge in [-0.1, -0.05) is 0 Å². The number of hydrogen-bond donors (Lipinski definition) is 1. The standard InChI is InChI=1S/C15H29N3O2/c1-3-16(4-2)15(20)18-10-6-7-13(18)11-17-9-5-8-14(17)12-19/h13-14,19H,3-12H2,1-2H3. The Labute approximate surface area is 122 Å². The zero-order valence-corrected chi connectivity index (χ0v) is 12.9. The summed E-state index contributed by atoms with van der Waals surface area (Å²) >= 11 is 0. The van der Waals surface area contributed by atoms with Crippen molar-refractivity contribution in [3.05, 3.63) is 0 Å². The second kappa shape index (κ2) is 7.27. The summed E-state index contributed by atoms with van der Waals surface area (Å²) in [4.78, 5) is 18.9. The van der Waals surface area contributed by atoms with Crippen molar-refractivity contribution in [3.8, 4) is 0 Å². The summed E-state index contributed by atoms with van der Waals surface area (Å²) < 4.78 is 0. The third-order valence-electron chi connectivity index (χ3n) is 4.81. The topological polar surface area (TPSA) is 47.0 Å². The van der Waals surface area contributed by atoms with Crippen molar-refractivity contribution in [2.24, 2.45) is 0 Å². The largest absolute Gasteiger partial charge is 0.395 e. The minimum Gasteiger partial charge on any atom is -0.395 e. The normalized spacial score (nSPS) is 27.2. The monoisotopic (exact) mass is 283 g/mol. The van der Waals surface area contributed by atoms with E-state index in [9.17, 15) is 9.90 Å². The van der Waals surface area contributed by atoms with Gasteiger partial charge in [-0.2, -0.15) is 0 Å². The van der Waals surface area contributed by atoms with Crippen molar-refractivity contribution in [2.75, 3.05) is 39.3 Å². The number of amides is 2. The van der Waals surface area contributed by atoms with Crippen LogP contribution >= 0.6 is 0 Å². The molecule has 0 saturated carbocycles. The van der Waals surface area contributed by atoms with Gasteiger partial charge in [0.15, 0.2) is 0 Å². The van der Waals surface area contributed by atoms with Crippen molar-refractivity contribution in [3.63, 3.8) is 0 Å². The summed E-state index contributed by atoms with van der Waals surface area (Å²) in [6.07, 6.45) is 4.46. The molecule has 1 N–H and O–H groups in total. The number of likely N-dealkylation sites (tertiary alicyclic amines) is 2. The first-order chi connectivity index (χ1) is 9.71. The average Bonchev–Trinajstić information content (AvgIpc) is 3.09. The molecule has 2 amide bonds. The maximum atomic E-state index is 12.5. The molecule has 0 radical (unpaired) electrons. The smallest absolute Gasteiger partial charge is 0.320 e. The van der Waals surface area contributed by atoms with Crippen LogP contribution in [0.25, 0.3) is 0 Å². The van der Waals surface area contributed by atoms with Gasteiger partial charge in [-0.3, -0.25) is 4.90 Å². The molecule has 0 aromatic heterocycles. The van der Waals surface area contributed by atoms with Gasteiger partial charge in [0.2, 0.25) is 0 Å². The number of hydrogen-bond acceptors (Lipinski definition) is 3. The van der Waals surface area contributed by atoms with Crippen molar-refractivity contribution in [1.29, 1.82) is 0 Å². The third kappa shape index (κ3) is 3.26. The molecule has 0 aliphatic carbocycles. The molecule has 0 bridgehead atoms. The first-order valence-electron chi connectivity index (χ1n) is 8.11. The lowest BCUT2D eigenvalue weighted by Crippen LogP contribution is -2.50. The van der Waals surface area contributed by atoms with Gasteiger partial charge in [-0.05, 0) is 46.1 Å². The van der Waals surface area contributed by atoms with Crippen LogP contribution in [0.5, 0.6) is 0 Å². The van der Waals surface area contributed by atoms with Crippen molar-refractivity contribution < 1.29 is 9.90 Å². The molecule has 0 spiro atoms. The molecule has 2 unspecified atom stereocenters. The summed E-state index contributed by atoms with van der Waals surface area (Å²) in [7, 11) is 0. The van der Waals surface area contributed by atoms with Crippen molar-refractivity contribution >= 4 is 6.03 Å². The minimum atomic E-state index is 0.192. The van der Waals surface area contributed by atoms with Crippen LogP contribution in [0.3, 0.4) is 0 Å². The van der Waals surface area contributed by atoms with Gasteiger partial charge in [-0.15, -0.1) is 0 Å². The summed E-state index contributed by atoms with van der Waals surface area (Å²) in [6.45, 7) is 8.76. The van der Waals surface area contributed by atoms with E-state index < -0.39 is 0 Å². The molecule has 116 valence electrons. The predicted octanol–water partition coefficient (Wildman–Crippen LogP) is 1.37. The number of aliphatic hydroxyl groups is 1. The van der Waals surface area contributed by atoms with Gasteiger partial charge >= 0.3 is 6.03 Å². The number of rotatable bonds is 5. The molecule has 5 heteroatoms. The lowest BCUT2D eigenvalue weighted by atomic mass is 10.2. The first kappa shape index (κ1) is 15.6. The van der Waals surface area contributed by atoms with Gasteiger partial charge in [0.1, 0.15) is 0 Å². The molecule has 2 fully saturated rings. The minimum absolute atomic E-state index is 0.192. The lowest BCUT2D eigenvalue weighted by molar-refractivity contribution is 0.114. The number of urea groups is 1. The van der Waals surface area contributed by atoms with E-state index in [-0.39, 0.29) is 12.6 Å². The predicted molar refractivity (Wildman–Crippen MR) is 79.7 cm³/mol.